The van der Waals surface area contributed by atoms with E-state index in [0.29, 0.717) is 43.3 Å². The Kier molecular flexibility index (Phi) is 5.20. The molecule has 1 aromatic heterocycles. The highest BCUT2D eigenvalue weighted by molar-refractivity contribution is 5.79. The lowest BCUT2D eigenvalue weighted by Crippen LogP contribution is -2.34. The van der Waals surface area contributed by atoms with Crippen molar-refractivity contribution in [2.45, 2.75) is 32.3 Å². The molecule has 3 rings (SSSR count). The van der Waals surface area contributed by atoms with Crippen LogP contribution in [0.2, 0.25) is 0 Å². The molecule has 1 aromatic carbocycles. The van der Waals surface area contributed by atoms with E-state index in [-0.39, 0.29) is 23.7 Å². The number of nitrogens with one attached hydrogen (secondary N) is 1. The van der Waals surface area contributed by atoms with Gasteiger partial charge in [0.25, 0.3) is 0 Å². The Labute approximate surface area is 139 Å². The maximum atomic E-state index is 12.9. The standard InChI is InChI=1S/C17H20FN3O3/c1-11-14(8-10-23-11)17(22)19-9-2-3-15-20-16(21-24-15)12-4-6-13(18)7-5-12/h4-7,11,14H,2-3,8-10H2,1H3,(H,19,22)/t11-,14+/m0/s1. The topological polar surface area (TPSA) is 77.2 Å². The van der Waals surface area contributed by atoms with Crippen molar-refractivity contribution in [2.24, 2.45) is 5.92 Å². The highest BCUT2D eigenvalue weighted by Crippen LogP contribution is 2.20. The molecule has 0 spiro atoms. The van der Waals surface area contributed by atoms with E-state index in [1.54, 1.807) is 12.1 Å². The predicted molar refractivity (Wildman–Crippen MR) is 84.5 cm³/mol. The van der Waals surface area contributed by atoms with E-state index >= 15 is 0 Å². The predicted octanol–water partition coefficient (Wildman–Crippen LogP) is 2.35. The number of benzene rings is 1. The fraction of sp³-hybridized carbons (Fsp3) is 0.471. The van der Waals surface area contributed by atoms with Crippen molar-refractivity contribution in [2.75, 3.05) is 13.2 Å². The van der Waals surface area contributed by atoms with E-state index in [4.69, 9.17) is 9.26 Å². The van der Waals surface area contributed by atoms with Crippen LogP contribution in [-0.4, -0.2) is 35.3 Å². The molecule has 0 radical (unpaired) electrons. The summed E-state index contributed by atoms with van der Waals surface area (Å²) in [5.41, 5.74) is 0.704. The van der Waals surface area contributed by atoms with Crippen LogP contribution in [-0.2, 0) is 16.0 Å². The van der Waals surface area contributed by atoms with Crippen molar-refractivity contribution in [3.05, 3.63) is 36.0 Å². The van der Waals surface area contributed by atoms with Crippen LogP contribution in [0.4, 0.5) is 4.39 Å². The van der Waals surface area contributed by atoms with Crippen LogP contribution in [0.3, 0.4) is 0 Å². The zero-order valence-electron chi connectivity index (χ0n) is 13.5. The minimum Gasteiger partial charge on any atom is -0.378 e. The number of carbonyl (C=O) groups is 1. The van der Waals surface area contributed by atoms with Crippen molar-refractivity contribution in [1.29, 1.82) is 0 Å². The lowest BCUT2D eigenvalue weighted by Gasteiger charge is -2.13. The van der Waals surface area contributed by atoms with Crippen molar-refractivity contribution >= 4 is 5.91 Å². The summed E-state index contributed by atoms with van der Waals surface area (Å²) >= 11 is 0. The highest BCUT2D eigenvalue weighted by Gasteiger charge is 2.30. The van der Waals surface area contributed by atoms with Crippen LogP contribution in [0.25, 0.3) is 11.4 Å². The van der Waals surface area contributed by atoms with Crippen LogP contribution in [0.5, 0.6) is 0 Å². The smallest absolute Gasteiger partial charge is 0.227 e. The largest absolute Gasteiger partial charge is 0.378 e. The Bertz CT molecular complexity index is 687. The molecule has 2 atom stereocenters. The van der Waals surface area contributed by atoms with E-state index in [2.05, 4.69) is 15.5 Å². The number of amides is 1. The number of aromatic nitrogens is 2. The van der Waals surface area contributed by atoms with Gasteiger partial charge in [-0.05, 0) is 44.0 Å². The molecular weight excluding hydrogens is 313 g/mol. The molecule has 2 aromatic rings. The molecule has 1 amide bonds. The number of carbonyl (C=O) groups excluding carboxylic acids is 1. The van der Waals surface area contributed by atoms with Gasteiger partial charge in [0.15, 0.2) is 0 Å². The molecule has 1 saturated heterocycles. The maximum absolute atomic E-state index is 12.9. The van der Waals surface area contributed by atoms with Gasteiger partial charge in [0.05, 0.1) is 12.0 Å². The van der Waals surface area contributed by atoms with Gasteiger partial charge in [0.1, 0.15) is 5.82 Å². The molecule has 2 heterocycles. The van der Waals surface area contributed by atoms with Gasteiger partial charge in [-0.1, -0.05) is 5.16 Å². The second-order valence-electron chi connectivity index (χ2n) is 5.88. The summed E-state index contributed by atoms with van der Waals surface area (Å²) in [6, 6.07) is 5.92. The first-order valence-corrected chi connectivity index (χ1v) is 8.11. The van der Waals surface area contributed by atoms with E-state index in [0.717, 1.165) is 6.42 Å². The van der Waals surface area contributed by atoms with Crippen molar-refractivity contribution in [3.8, 4) is 11.4 Å². The maximum Gasteiger partial charge on any atom is 0.227 e. The minimum atomic E-state index is -0.305. The van der Waals surface area contributed by atoms with Crippen molar-refractivity contribution in [3.63, 3.8) is 0 Å². The van der Waals surface area contributed by atoms with E-state index in [9.17, 15) is 9.18 Å². The number of hydrogen-bond donors (Lipinski definition) is 1. The average molecular weight is 333 g/mol. The number of aryl methyl sites for hydroxylation is 1. The second kappa shape index (κ2) is 7.53. The molecule has 1 N–H and O–H groups in total. The molecule has 7 heteroatoms. The molecule has 1 fully saturated rings. The SMILES string of the molecule is C[C@@H]1OCC[C@H]1C(=O)NCCCc1nc(-c2ccc(F)cc2)no1. The molecule has 0 unspecified atom stereocenters. The first-order valence-electron chi connectivity index (χ1n) is 8.11. The van der Waals surface area contributed by atoms with Crippen molar-refractivity contribution < 1.29 is 18.4 Å². The van der Waals surface area contributed by atoms with Gasteiger partial charge in [-0.2, -0.15) is 4.98 Å². The van der Waals surface area contributed by atoms with Gasteiger partial charge in [-0.25, -0.2) is 4.39 Å². The summed E-state index contributed by atoms with van der Waals surface area (Å²) in [6.07, 6.45) is 2.04. The number of nitrogens with zero attached hydrogens (tertiary/aromatic N) is 2. The molecule has 0 bridgehead atoms. The Morgan fingerprint density at radius 3 is 2.88 bits per heavy atom. The van der Waals surface area contributed by atoms with E-state index in [1.807, 2.05) is 6.92 Å². The summed E-state index contributed by atoms with van der Waals surface area (Å²) < 4.78 is 23.5. The van der Waals surface area contributed by atoms with Crippen molar-refractivity contribution in [1.82, 2.24) is 15.5 Å². The van der Waals surface area contributed by atoms with Crippen LogP contribution in [0.15, 0.2) is 28.8 Å². The third kappa shape index (κ3) is 3.97. The molecule has 0 aliphatic carbocycles. The molecule has 128 valence electrons. The highest BCUT2D eigenvalue weighted by atomic mass is 19.1. The summed E-state index contributed by atoms with van der Waals surface area (Å²) in [6.45, 7) is 3.12. The Hall–Kier alpha value is -2.28. The van der Waals surface area contributed by atoms with Gasteiger partial charge in [-0.15, -0.1) is 0 Å². The summed E-state index contributed by atoms with van der Waals surface area (Å²) in [5, 5.41) is 6.81. The number of hydrogen-bond acceptors (Lipinski definition) is 5. The van der Waals surface area contributed by atoms with Gasteiger partial charge >= 0.3 is 0 Å². The fourth-order valence-corrected chi connectivity index (χ4v) is 2.73. The third-order valence-electron chi connectivity index (χ3n) is 4.15. The number of ether oxygens (including phenoxy) is 1. The first-order chi connectivity index (χ1) is 11.6. The van der Waals surface area contributed by atoms with E-state index < -0.39 is 0 Å². The molecular formula is C17H20FN3O3. The molecule has 1 aliphatic heterocycles. The normalized spacial score (nSPS) is 20.2. The quantitative estimate of drug-likeness (QED) is 0.821. The number of halogens is 1. The molecule has 1 aliphatic rings. The lowest BCUT2D eigenvalue weighted by atomic mass is 10.0. The van der Waals surface area contributed by atoms with Gasteiger partial charge in [-0.3, -0.25) is 4.79 Å². The van der Waals surface area contributed by atoms with Crippen LogP contribution >= 0.6 is 0 Å². The third-order valence-corrected chi connectivity index (χ3v) is 4.15. The summed E-state index contributed by atoms with van der Waals surface area (Å²) in [7, 11) is 0. The van der Waals surface area contributed by atoms with Crippen LogP contribution < -0.4 is 5.32 Å². The Morgan fingerprint density at radius 1 is 1.38 bits per heavy atom. The minimum absolute atomic E-state index is 0.0146. The van der Waals surface area contributed by atoms with Gasteiger partial charge in [0.2, 0.25) is 17.6 Å². The Morgan fingerprint density at radius 2 is 2.17 bits per heavy atom. The molecule has 0 saturated carbocycles. The fourth-order valence-electron chi connectivity index (χ4n) is 2.73. The first kappa shape index (κ1) is 16.6. The molecule has 6 nitrogen and oxygen atoms in total. The van der Waals surface area contributed by atoms with Gasteiger partial charge in [0, 0.05) is 25.1 Å². The zero-order chi connectivity index (χ0) is 16.9. The second-order valence-corrected chi connectivity index (χ2v) is 5.88. The Balaban J connectivity index is 1.44. The van der Waals surface area contributed by atoms with Crippen LogP contribution in [0, 0.1) is 11.7 Å². The summed E-state index contributed by atoms with van der Waals surface area (Å²) in [4.78, 5) is 16.3. The monoisotopic (exact) mass is 333 g/mol. The summed E-state index contributed by atoms with van der Waals surface area (Å²) in [5.74, 6) is 0.614. The lowest BCUT2D eigenvalue weighted by molar-refractivity contribution is -0.126. The van der Waals surface area contributed by atoms with E-state index in [1.165, 1.54) is 12.1 Å². The van der Waals surface area contributed by atoms with Crippen LogP contribution in [0.1, 0.15) is 25.7 Å². The zero-order valence-corrected chi connectivity index (χ0v) is 13.5. The molecule has 24 heavy (non-hydrogen) atoms. The number of rotatable bonds is 6. The average Bonchev–Trinajstić information content (AvgIpc) is 3.21. The van der Waals surface area contributed by atoms with Gasteiger partial charge < -0.3 is 14.6 Å².